The molecule has 4 nitrogen and oxygen atoms in total. The second-order valence-electron chi connectivity index (χ2n) is 8.03. The molecule has 0 saturated carbocycles. The van der Waals surface area contributed by atoms with E-state index in [-0.39, 0.29) is 52.6 Å². The Morgan fingerprint density at radius 2 is 0.895 bits per heavy atom. The van der Waals surface area contributed by atoms with E-state index < -0.39 is 45.7 Å². The van der Waals surface area contributed by atoms with Crippen molar-refractivity contribution in [1.82, 2.24) is 0 Å². The molecule has 0 aromatic heterocycles. The van der Waals surface area contributed by atoms with Crippen molar-refractivity contribution in [3.63, 3.8) is 0 Å². The zero-order valence-corrected chi connectivity index (χ0v) is 23.0. The number of rotatable bonds is 4. The molecule has 4 aromatic carbocycles. The summed E-state index contributed by atoms with van der Waals surface area (Å²) in [5.41, 5.74) is -2.62. The van der Waals surface area contributed by atoms with Gasteiger partial charge in [-0.05, 0) is 24.3 Å². The van der Waals surface area contributed by atoms with Gasteiger partial charge in [0.1, 0.15) is 11.4 Å². The number of hydrogen-bond acceptors (Lipinski definition) is 4. The van der Waals surface area contributed by atoms with Gasteiger partial charge >= 0.3 is 0 Å². The van der Waals surface area contributed by atoms with Crippen molar-refractivity contribution in [2.75, 3.05) is 10.6 Å². The number of anilines is 4. The Labute approximate surface area is 244 Å². The molecule has 0 heterocycles. The monoisotopic (exact) mass is 630 g/mol. The number of nitrogens with one attached hydrogen (secondary N) is 2. The van der Waals surface area contributed by atoms with E-state index in [9.17, 15) is 9.59 Å². The van der Waals surface area contributed by atoms with E-state index in [1.54, 1.807) is 0 Å². The van der Waals surface area contributed by atoms with Gasteiger partial charge in [-0.15, -0.1) is 0 Å². The number of ketones is 2. The quantitative estimate of drug-likeness (QED) is 0.194. The third kappa shape index (κ3) is 4.30. The van der Waals surface area contributed by atoms with Crippen molar-refractivity contribution < 1.29 is 18.4 Å². The molecule has 192 valence electrons. The molecule has 0 unspecified atom stereocenters. The van der Waals surface area contributed by atoms with Crippen LogP contribution in [0.4, 0.5) is 31.5 Å². The fraction of sp³-hybridized carbons (Fsp3) is 0. The summed E-state index contributed by atoms with van der Waals surface area (Å²) in [6.07, 6.45) is 0. The van der Waals surface area contributed by atoms with Gasteiger partial charge in [0.15, 0.2) is 23.2 Å². The summed E-state index contributed by atoms with van der Waals surface area (Å²) < 4.78 is 32.5. The van der Waals surface area contributed by atoms with Crippen molar-refractivity contribution in [1.29, 1.82) is 0 Å². The van der Waals surface area contributed by atoms with E-state index in [0.29, 0.717) is 0 Å². The molecule has 0 fully saturated rings. The highest BCUT2D eigenvalue weighted by Gasteiger charge is 2.38. The standard InChI is InChI=1S/C26H10Cl6F2N2O2/c27-11-5-7-13(19(31)17(11)29)35-23-21(33)15-16(26(38)10-4-2-1-3-9(10)25(15)37)22(34)24(23)36-14-8-6-12(28)18(30)20(14)32/h1-8,35-36H. The molecule has 12 heteroatoms. The Balaban J connectivity index is 1.79. The lowest BCUT2D eigenvalue weighted by Crippen LogP contribution is -2.25. The molecule has 2 N–H and O–H groups in total. The Morgan fingerprint density at radius 1 is 0.526 bits per heavy atom. The first-order valence-corrected chi connectivity index (χ1v) is 12.8. The molecule has 5 rings (SSSR count). The van der Waals surface area contributed by atoms with E-state index in [0.717, 1.165) is 0 Å². The zero-order valence-electron chi connectivity index (χ0n) is 18.5. The maximum Gasteiger partial charge on any atom is 0.197 e. The van der Waals surface area contributed by atoms with Crippen LogP contribution in [0.5, 0.6) is 0 Å². The van der Waals surface area contributed by atoms with E-state index in [2.05, 4.69) is 10.6 Å². The van der Waals surface area contributed by atoms with Crippen LogP contribution in [0.15, 0.2) is 48.5 Å². The minimum atomic E-state index is -1.21. The van der Waals surface area contributed by atoms with Crippen molar-refractivity contribution >= 4 is 104 Å². The molecule has 4 aromatic rings. The average Bonchev–Trinajstić information content (AvgIpc) is 2.91. The van der Waals surface area contributed by atoms with Crippen LogP contribution in [0.3, 0.4) is 0 Å². The smallest absolute Gasteiger partial charge is 0.197 e. The van der Waals surface area contributed by atoms with E-state index in [1.807, 2.05) is 0 Å². The molecular weight excluding hydrogens is 623 g/mol. The van der Waals surface area contributed by atoms with Crippen LogP contribution in [0.1, 0.15) is 31.8 Å². The molecule has 1 aliphatic carbocycles. The third-order valence-corrected chi connectivity index (χ3v) is 8.43. The van der Waals surface area contributed by atoms with Gasteiger partial charge in [-0.1, -0.05) is 93.9 Å². The molecule has 0 radical (unpaired) electrons. The maximum atomic E-state index is 16.2. The normalized spacial score (nSPS) is 12.3. The lowest BCUT2D eigenvalue weighted by atomic mass is 9.82. The SMILES string of the molecule is O=C1c2ccccc2C(=O)c2c(F)c(Nc3ccc(Cl)c(Cl)c3Cl)c(Nc3ccc(Cl)c(Cl)c3Cl)c(F)c21. The van der Waals surface area contributed by atoms with Gasteiger partial charge in [0.2, 0.25) is 0 Å². The van der Waals surface area contributed by atoms with Crippen LogP contribution in [0.25, 0.3) is 0 Å². The number of carbonyl (C=O) groups excluding carboxylic acids is 2. The van der Waals surface area contributed by atoms with E-state index in [4.69, 9.17) is 69.6 Å². The van der Waals surface area contributed by atoms with Gasteiger partial charge in [-0.25, -0.2) is 8.78 Å². The molecule has 0 aliphatic heterocycles. The summed E-state index contributed by atoms with van der Waals surface area (Å²) in [6.45, 7) is 0. The Morgan fingerprint density at radius 3 is 1.26 bits per heavy atom. The molecule has 0 bridgehead atoms. The second-order valence-corrected chi connectivity index (χ2v) is 10.4. The molecular formula is C26H10Cl6F2N2O2. The average molecular weight is 633 g/mol. The molecule has 0 spiro atoms. The zero-order chi connectivity index (χ0) is 27.5. The fourth-order valence-corrected chi connectivity index (χ4v) is 5.18. The summed E-state index contributed by atoms with van der Waals surface area (Å²) >= 11 is 36.8. The predicted molar refractivity (Wildman–Crippen MR) is 149 cm³/mol. The Hall–Kier alpha value is -2.58. The Kier molecular flexibility index (Phi) is 7.24. The Bertz CT molecular complexity index is 1590. The predicted octanol–water partition coefficient (Wildman–Crippen LogP) is 10.1. The first kappa shape index (κ1) is 27.0. The van der Waals surface area contributed by atoms with Crippen LogP contribution < -0.4 is 10.6 Å². The van der Waals surface area contributed by atoms with Crippen molar-refractivity contribution in [2.24, 2.45) is 0 Å². The van der Waals surface area contributed by atoms with Gasteiger partial charge in [0, 0.05) is 11.1 Å². The number of fused-ring (bicyclic) bond motifs is 2. The van der Waals surface area contributed by atoms with Gasteiger partial charge in [0.05, 0.1) is 52.6 Å². The minimum absolute atomic E-state index is 0.0394. The molecule has 38 heavy (non-hydrogen) atoms. The first-order chi connectivity index (χ1) is 18.0. The largest absolute Gasteiger partial charge is 0.350 e. The van der Waals surface area contributed by atoms with Crippen LogP contribution in [0, 0.1) is 11.6 Å². The molecule has 0 saturated heterocycles. The minimum Gasteiger partial charge on any atom is -0.350 e. The number of hydrogen-bond donors (Lipinski definition) is 2. The highest BCUT2D eigenvalue weighted by atomic mass is 35.5. The highest BCUT2D eigenvalue weighted by Crippen LogP contribution is 2.46. The van der Waals surface area contributed by atoms with Gasteiger partial charge < -0.3 is 10.6 Å². The molecule has 1 aliphatic rings. The molecule has 0 amide bonds. The number of carbonyl (C=O) groups is 2. The third-order valence-electron chi connectivity index (χ3n) is 5.84. The van der Waals surface area contributed by atoms with Crippen LogP contribution in [-0.4, -0.2) is 11.6 Å². The summed E-state index contributed by atoms with van der Waals surface area (Å²) in [6, 6.07) is 11.3. The number of halogens is 8. The summed E-state index contributed by atoms with van der Waals surface area (Å²) in [4.78, 5) is 26.6. The fourth-order valence-electron chi connectivity index (χ4n) is 4.01. The topological polar surface area (TPSA) is 58.2 Å². The van der Waals surface area contributed by atoms with Gasteiger partial charge in [0.25, 0.3) is 0 Å². The van der Waals surface area contributed by atoms with Crippen molar-refractivity contribution in [3.8, 4) is 0 Å². The summed E-state index contributed by atoms with van der Waals surface area (Å²) in [7, 11) is 0. The van der Waals surface area contributed by atoms with Crippen LogP contribution in [0.2, 0.25) is 30.1 Å². The first-order valence-electron chi connectivity index (χ1n) is 10.6. The summed E-state index contributed by atoms with van der Waals surface area (Å²) in [5.74, 6) is -4.16. The molecule has 0 atom stereocenters. The van der Waals surface area contributed by atoms with Crippen LogP contribution >= 0.6 is 69.6 Å². The van der Waals surface area contributed by atoms with Gasteiger partial charge in [-0.3, -0.25) is 9.59 Å². The van der Waals surface area contributed by atoms with E-state index in [1.165, 1.54) is 48.5 Å². The van der Waals surface area contributed by atoms with E-state index >= 15 is 8.78 Å². The summed E-state index contributed by atoms with van der Waals surface area (Å²) in [5, 5.41) is 5.32. The van der Waals surface area contributed by atoms with Crippen molar-refractivity contribution in [3.05, 3.63) is 113 Å². The second kappa shape index (κ2) is 10.2. The highest BCUT2D eigenvalue weighted by molar-refractivity contribution is 6.50. The number of benzene rings is 4. The lowest BCUT2D eigenvalue weighted by Gasteiger charge is -2.24. The van der Waals surface area contributed by atoms with Crippen LogP contribution in [-0.2, 0) is 0 Å². The van der Waals surface area contributed by atoms with Crippen molar-refractivity contribution in [2.45, 2.75) is 0 Å². The lowest BCUT2D eigenvalue weighted by molar-refractivity contribution is 0.0972. The van der Waals surface area contributed by atoms with Gasteiger partial charge in [-0.2, -0.15) is 0 Å². The maximum absolute atomic E-state index is 16.2.